The Bertz CT molecular complexity index is 698. The second-order valence-corrected chi connectivity index (χ2v) is 5.92. The third kappa shape index (κ3) is 4.69. The van der Waals surface area contributed by atoms with Crippen molar-refractivity contribution in [3.05, 3.63) is 71.3 Å². The van der Waals surface area contributed by atoms with E-state index in [-0.39, 0.29) is 17.9 Å². The summed E-state index contributed by atoms with van der Waals surface area (Å²) in [6.07, 6.45) is 0. The zero-order valence-electron chi connectivity index (χ0n) is 14.5. The van der Waals surface area contributed by atoms with Gasteiger partial charge >= 0.3 is 0 Å². The topological polar surface area (TPSA) is 49.4 Å². The number of amides is 2. The van der Waals surface area contributed by atoms with Gasteiger partial charge in [-0.05, 0) is 31.5 Å². The molecule has 126 valence electrons. The van der Waals surface area contributed by atoms with E-state index in [9.17, 15) is 9.59 Å². The zero-order chi connectivity index (χ0) is 17.5. The molecule has 0 fully saturated rings. The number of nitrogens with zero attached hydrogens (tertiary/aromatic N) is 1. The van der Waals surface area contributed by atoms with Gasteiger partial charge in [0.1, 0.15) is 0 Å². The molecule has 24 heavy (non-hydrogen) atoms. The lowest BCUT2D eigenvalue weighted by atomic mass is 10.1. The van der Waals surface area contributed by atoms with Crippen LogP contribution >= 0.6 is 0 Å². The standard InChI is InChI=1S/C20H24N2O2/c1-15-8-7-11-19(14-15)20(24)21-12-13-22(17(3)23)16(2)18-9-5-4-6-10-18/h4-11,14,16H,12-13H2,1-3H3,(H,21,24). The van der Waals surface area contributed by atoms with Crippen molar-refractivity contribution in [2.45, 2.75) is 26.8 Å². The van der Waals surface area contributed by atoms with Crippen LogP contribution in [0.5, 0.6) is 0 Å². The van der Waals surface area contributed by atoms with Gasteiger partial charge in [0, 0.05) is 25.6 Å². The Morgan fingerprint density at radius 2 is 1.79 bits per heavy atom. The molecule has 0 heterocycles. The van der Waals surface area contributed by atoms with Crippen molar-refractivity contribution in [3.8, 4) is 0 Å². The summed E-state index contributed by atoms with van der Waals surface area (Å²) < 4.78 is 0. The number of benzene rings is 2. The van der Waals surface area contributed by atoms with E-state index in [0.717, 1.165) is 11.1 Å². The lowest BCUT2D eigenvalue weighted by molar-refractivity contribution is -0.130. The third-order valence-electron chi connectivity index (χ3n) is 4.07. The zero-order valence-corrected chi connectivity index (χ0v) is 14.5. The fourth-order valence-corrected chi connectivity index (χ4v) is 2.71. The Balaban J connectivity index is 1.95. The van der Waals surface area contributed by atoms with Crippen LogP contribution in [0.2, 0.25) is 0 Å². The molecule has 0 saturated heterocycles. The molecule has 4 nitrogen and oxygen atoms in total. The summed E-state index contributed by atoms with van der Waals surface area (Å²) in [7, 11) is 0. The summed E-state index contributed by atoms with van der Waals surface area (Å²) in [6.45, 7) is 6.41. The van der Waals surface area contributed by atoms with Crippen molar-refractivity contribution in [1.29, 1.82) is 0 Å². The Labute approximate surface area is 143 Å². The van der Waals surface area contributed by atoms with E-state index >= 15 is 0 Å². The molecule has 1 unspecified atom stereocenters. The maximum Gasteiger partial charge on any atom is 0.251 e. The molecule has 1 atom stereocenters. The molecule has 0 spiro atoms. The first kappa shape index (κ1) is 17.7. The highest BCUT2D eigenvalue weighted by molar-refractivity contribution is 5.94. The van der Waals surface area contributed by atoms with Gasteiger partial charge < -0.3 is 10.2 Å². The number of rotatable bonds is 6. The van der Waals surface area contributed by atoms with Crippen molar-refractivity contribution in [2.75, 3.05) is 13.1 Å². The molecule has 0 bridgehead atoms. The number of hydrogen-bond donors (Lipinski definition) is 1. The second-order valence-electron chi connectivity index (χ2n) is 5.92. The fraction of sp³-hybridized carbons (Fsp3) is 0.300. The monoisotopic (exact) mass is 324 g/mol. The van der Waals surface area contributed by atoms with Gasteiger partial charge in [0.25, 0.3) is 5.91 Å². The van der Waals surface area contributed by atoms with Crippen LogP contribution in [0.15, 0.2) is 54.6 Å². The summed E-state index contributed by atoms with van der Waals surface area (Å²) in [5, 5.41) is 2.89. The molecule has 2 amide bonds. The van der Waals surface area contributed by atoms with E-state index in [2.05, 4.69) is 5.32 Å². The van der Waals surface area contributed by atoms with Crippen LogP contribution in [0.4, 0.5) is 0 Å². The fourth-order valence-electron chi connectivity index (χ4n) is 2.71. The number of hydrogen-bond acceptors (Lipinski definition) is 2. The van der Waals surface area contributed by atoms with Gasteiger partial charge in [-0.25, -0.2) is 0 Å². The van der Waals surface area contributed by atoms with Crippen LogP contribution in [-0.2, 0) is 4.79 Å². The highest BCUT2D eigenvalue weighted by Crippen LogP contribution is 2.19. The van der Waals surface area contributed by atoms with Gasteiger partial charge in [0.2, 0.25) is 5.91 Å². The second kappa shape index (κ2) is 8.29. The number of nitrogens with one attached hydrogen (secondary N) is 1. The number of carbonyl (C=O) groups excluding carboxylic acids is 2. The van der Waals surface area contributed by atoms with E-state index in [1.165, 1.54) is 0 Å². The van der Waals surface area contributed by atoms with Crippen LogP contribution in [0.3, 0.4) is 0 Å². The number of aryl methyl sites for hydroxylation is 1. The molecule has 4 heteroatoms. The van der Waals surface area contributed by atoms with E-state index < -0.39 is 0 Å². The number of carbonyl (C=O) groups is 2. The van der Waals surface area contributed by atoms with Crippen LogP contribution in [-0.4, -0.2) is 29.8 Å². The average Bonchev–Trinajstić information content (AvgIpc) is 2.58. The molecule has 2 aromatic rings. The Hall–Kier alpha value is -2.62. The van der Waals surface area contributed by atoms with Gasteiger partial charge in [0.05, 0.1) is 6.04 Å². The molecule has 0 aliphatic carbocycles. The summed E-state index contributed by atoms with van der Waals surface area (Å²) >= 11 is 0. The Morgan fingerprint density at radius 3 is 2.42 bits per heavy atom. The smallest absolute Gasteiger partial charge is 0.251 e. The van der Waals surface area contributed by atoms with Crippen molar-refractivity contribution in [2.24, 2.45) is 0 Å². The quantitative estimate of drug-likeness (QED) is 0.886. The van der Waals surface area contributed by atoms with E-state index in [0.29, 0.717) is 18.7 Å². The maximum absolute atomic E-state index is 12.2. The van der Waals surface area contributed by atoms with E-state index in [1.54, 1.807) is 17.9 Å². The summed E-state index contributed by atoms with van der Waals surface area (Å²) in [5.41, 5.74) is 2.77. The molecule has 0 saturated carbocycles. The molecular formula is C20H24N2O2. The minimum atomic E-state index is -0.116. The van der Waals surface area contributed by atoms with Gasteiger partial charge in [-0.15, -0.1) is 0 Å². The predicted octanol–water partition coefficient (Wildman–Crippen LogP) is 3.33. The first-order valence-corrected chi connectivity index (χ1v) is 8.16. The van der Waals surface area contributed by atoms with Gasteiger partial charge in [-0.2, -0.15) is 0 Å². The molecule has 0 radical (unpaired) electrons. The minimum Gasteiger partial charge on any atom is -0.350 e. The Kier molecular flexibility index (Phi) is 6.13. The van der Waals surface area contributed by atoms with Crippen molar-refractivity contribution < 1.29 is 9.59 Å². The normalized spacial score (nSPS) is 11.6. The molecule has 1 N–H and O–H groups in total. The van der Waals surface area contributed by atoms with Gasteiger partial charge in [-0.1, -0.05) is 48.0 Å². The van der Waals surface area contributed by atoms with Gasteiger partial charge in [0.15, 0.2) is 0 Å². The Morgan fingerprint density at radius 1 is 1.08 bits per heavy atom. The lowest BCUT2D eigenvalue weighted by Crippen LogP contribution is -2.39. The van der Waals surface area contributed by atoms with Crippen LogP contribution in [0.1, 0.15) is 41.4 Å². The predicted molar refractivity (Wildman–Crippen MR) is 95.8 cm³/mol. The van der Waals surface area contributed by atoms with E-state index in [1.807, 2.05) is 62.4 Å². The SMILES string of the molecule is CC(=O)N(CCNC(=O)c1cccc(C)c1)C(C)c1ccccc1. The highest BCUT2D eigenvalue weighted by Gasteiger charge is 2.18. The molecule has 2 rings (SSSR count). The first-order valence-electron chi connectivity index (χ1n) is 8.16. The molecular weight excluding hydrogens is 300 g/mol. The largest absolute Gasteiger partial charge is 0.350 e. The molecule has 0 aliphatic rings. The van der Waals surface area contributed by atoms with Gasteiger partial charge in [-0.3, -0.25) is 9.59 Å². The van der Waals surface area contributed by atoms with Crippen LogP contribution in [0.25, 0.3) is 0 Å². The van der Waals surface area contributed by atoms with Crippen molar-refractivity contribution in [1.82, 2.24) is 10.2 Å². The molecule has 2 aromatic carbocycles. The summed E-state index contributed by atoms with van der Waals surface area (Å²) in [6, 6.07) is 17.3. The first-order chi connectivity index (χ1) is 11.5. The van der Waals surface area contributed by atoms with Crippen LogP contribution in [0, 0.1) is 6.92 Å². The summed E-state index contributed by atoms with van der Waals surface area (Å²) in [5.74, 6) is -0.120. The van der Waals surface area contributed by atoms with E-state index in [4.69, 9.17) is 0 Å². The maximum atomic E-state index is 12.2. The minimum absolute atomic E-state index is 0.00356. The third-order valence-corrected chi connectivity index (χ3v) is 4.07. The van der Waals surface area contributed by atoms with Crippen molar-refractivity contribution in [3.63, 3.8) is 0 Å². The van der Waals surface area contributed by atoms with Crippen LogP contribution < -0.4 is 5.32 Å². The average molecular weight is 324 g/mol. The highest BCUT2D eigenvalue weighted by atomic mass is 16.2. The molecule has 0 aliphatic heterocycles. The van der Waals surface area contributed by atoms with Crippen molar-refractivity contribution >= 4 is 11.8 Å². The molecule has 0 aromatic heterocycles. The lowest BCUT2D eigenvalue weighted by Gasteiger charge is -2.28. The summed E-state index contributed by atoms with van der Waals surface area (Å²) in [4.78, 5) is 25.9.